The van der Waals surface area contributed by atoms with Crippen molar-refractivity contribution in [2.45, 2.75) is 32.8 Å². The largest absolute Gasteiger partial charge is 0.493 e. The van der Waals surface area contributed by atoms with Crippen LogP contribution in [0.5, 0.6) is 5.75 Å². The van der Waals surface area contributed by atoms with E-state index in [0.29, 0.717) is 0 Å². The van der Waals surface area contributed by atoms with Gasteiger partial charge in [0.1, 0.15) is 11.4 Å². The van der Waals surface area contributed by atoms with Gasteiger partial charge >= 0.3 is 0 Å². The zero-order valence-electron chi connectivity index (χ0n) is 12.3. The van der Waals surface area contributed by atoms with E-state index in [4.69, 9.17) is 9.84 Å². The normalized spacial score (nSPS) is 13.7. The van der Waals surface area contributed by atoms with Crippen LogP contribution in [0.15, 0.2) is 18.2 Å². The molecule has 0 aliphatic carbocycles. The van der Waals surface area contributed by atoms with Crippen molar-refractivity contribution in [1.29, 1.82) is 0 Å². The standard InChI is InChI=1S/C15H23NO4/c1-11-4-5-13(12(2)8-11)20-7-6-14(18)16-9-15(3,19)10-17/h4-5,8,17,19H,6-7,9-10H2,1-3H3,(H,16,18). The zero-order chi connectivity index (χ0) is 15.2. The number of carbonyl (C=O) groups excluding carboxylic acids is 1. The summed E-state index contributed by atoms with van der Waals surface area (Å²) < 4.78 is 5.55. The maximum Gasteiger partial charge on any atom is 0.223 e. The molecular formula is C15H23NO4. The molecule has 1 atom stereocenters. The summed E-state index contributed by atoms with van der Waals surface area (Å²) in [6.45, 7) is 5.33. The second-order valence-electron chi connectivity index (χ2n) is 5.30. The van der Waals surface area contributed by atoms with Gasteiger partial charge in [0.2, 0.25) is 5.91 Å². The summed E-state index contributed by atoms with van der Waals surface area (Å²) >= 11 is 0. The number of aliphatic hydroxyl groups is 2. The maximum absolute atomic E-state index is 11.6. The van der Waals surface area contributed by atoms with Crippen LogP contribution in [0, 0.1) is 13.8 Å². The number of rotatable bonds is 7. The first-order valence-corrected chi connectivity index (χ1v) is 6.64. The van der Waals surface area contributed by atoms with E-state index in [9.17, 15) is 9.90 Å². The lowest BCUT2D eigenvalue weighted by Gasteiger charge is -2.20. The Labute approximate surface area is 119 Å². The number of hydrogen-bond acceptors (Lipinski definition) is 4. The Kier molecular flexibility index (Phi) is 5.98. The van der Waals surface area contributed by atoms with Crippen molar-refractivity contribution in [3.05, 3.63) is 29.3 Å². The molecule has 1 amide bonds. The second-order valence-corrected chi connectivity index (χ2v) is 5.30. The van der Waals surface area contributed by atoms with Gasteiger partial charge in [0.25, 0.3) is 0 Å². The molecule has 0 radical (unpaired) electrons. The molecule has 5 heteroatoms. The Morgan fingerprint density at radius 3 is 2.70 bits per heavy atom. The van der Waals surface area contributed by atoms with Crippen molar-refractivity contribution in [2.75, 3.05) is 19.8 Å². The smallest absolute Gasteiger partial charge is 0.223 e. The maximum atomic E-state index is 11.6. The van der Waals surface area contributed by atoms with E-state index in [1.54, 1.807) is 0 Å². The fraction of sp³-hybridized carbons (Fsp3) is 0.533. The molecule has 1 unspecified atom stereocenters. The van der Waals surface area contributed by atoms with Crippen molar-refractivity contribution >= 4 is 5.91 Å². The molecule has 0 aromatic heterocycles. The van der Waals surface area contributed by atoms with Crippen LogP contribution >= 0.6 is 0 Å². The number of hydrogen-bond donors (Lipinski definition) is 3. The van der Waals surface area contributed by atoms with E-state index in [-0.39, 0.29) is 25.5 Å². The van der Waals surface area contributed by atoms with Gasteiger partial charge in [-0.15, -0.1) is 0 Å². The summed E-state index contributed by atoms with van der Waals surface area (Å²) in [5.41, 5.74) is 0.914. The Balaban J connectivity index is 2.32. The molecule has 0 aliphatic heterocycles. The number of nitrogens with one attached hydrogen (secondary N) is 1. The summed E-state index contributed by atoms with van der Waals surface area (Å²) in [5, 5.41) is 21.0. The zero-order valence-corrected chi connectivity index (χ0v) is 12.3. The van der Waals surface area contributed by atoms with Gasteiger partial charge in [0, 0.05) is 6.54 Å². The van der Waals surface area contributed by atoms with Crippen molar-refractivity contribution in [3.63, 3.8) is 0 Å². The van der Waals surface area contributed by atoms with Crippen molar-refractivity contribution in [1.82, 2.24) is 5.32 Å². The van der Waals surface area contributed by atoms with Crippen LogP contribution in [0.4, 0.5) is 0 Å². The van der Waals surface area contributed by atoms with Crippen LogP contribution in [-0.4, -0.2) is 41.5 Å². The number of aryl methyl sites for hydroxylation is 2. The van der Waals surface area contributed by atoms with E-state index in [0.717, 1.165) is 11.3 Å². The lowest BCUT2D eigenvalue weighted by Crippen LogP contribution is -2.43. The molecule has 1 aromatic carbocycles. The Hall–Kier alpha value is -1.59. The van der Waals surface area contributed by atoms with Crippen LogP contribution in [0.3, 0.4) is 0 Å². The van der Waals surface area contributed by atoms with Gasteiger partial charge in [0.05, 0.1) is 19.6 Å². The first kappa shape index (κ1) is 16.5. The van der Waals surface area contributed by atoms with Crippen LogP contribution in [-0.2, 0) is 4.79 Å². The van der Waals surface area contributed by atoms with E-state index < -0.39 is 12.2 Å². The Morgan fingerprint density at radius 1 is 1.40 bits per heavy atom. The molecule has 5 nitrogen and oxygen atoms in total. The minimum Gasteiger partial charge on any atom is -0.493 e. The summed E-state index contributed by atoms with van der Waals surface area (Å²) in [4.78, 5) is 11.6. The fourth-order valence-electron chi connectivity index (χ4n) is 1.65. The molecule has 0 bridgehead atoms. The highest BCUT2D eigenvalue weighted by molar-refractivity contribution is 5.76. The highest BCUT2D eigenvalue weighted by Crippen LogP contribution is 2.18. The summed E-state index contributed by atoms with van der Waals surface area (Å²) in [6, 6.07) is 5.87. The molecule has 0 spiro atoms. The van der Waals surface area contributed by atoms with Crippen LogP contribution in [0.2, 0.25) is 0 Å². The molecule has 3 N–H and O–H groups in total. The lowest BCUT2D eigenvalue weighted by molar-refractivity contribution is -0.123. The van der Waals surface area contributed by atoms with Crippen molar-refractivity contribution in [3.8, 4) is 5.75 Å². The van der Waals surface area contributed by atoms with E-state index in [1.165, 1.54) is 12.5 Å². The first-order chi connectivity index (χ1) is 9.34. The third-order valence-corrected chi connectivity index (χ3v) is 2.92. The molecule has 0 aliphatic rings. The monoisotopic (exact) mass is 281 g/mol. The Morgan fingerprint density at radius 2 is 2.10 bits per heavy atom. The van der Waals surface area contributed by atoms with Gasteiger partial charge in [-0.25, -0.2) is 0 Å². The minimum atomic E-state index is -1.29. The molecule has 1 rings (SSSR count). The average molecular weight is 281 g/mol. The number of carbonyl (C=O) groups is 1. The van der Waals surface area contributed by atoms with E-state index >= 15 is 0 Å². The number of benzene rings is 1. The van der Waals surface area contributed by atoms with Crippen LogP contribution in [0.25, 0.3) is 0 Å². The van der Waals surface area contributed by atoms with Crippen LogP contribution < -0.4 is 10.1 Å². The first-order valence-electron chi connectivity index (χ1n) is 6.64. The number of aliphatic hydroxyl groups excluding tert-OH is 1. The predicted molar refractivity (Wildman–Crippen MR) is 76.7 cm³/mol. The van der Waals surface area contributed by atoms with Gasteiger partial charge in [-0.05, 0) is 32.4 Å². The average Bonchev–Trinajstić information content (AvgIpc) is 2.39. The molecule has 0 fully saturated rings. The van der Waals surface area contributed by atoms with Gasteiger partial charge in [-0.1, -0.05) is 17.7 Å². The summed E-state index contributed by atoms with van der Waals surface area (Å²) in [5.74, 6) is 0.550. The highest BCUT2D eigenvalue weighted by Gasteiger charge is 2.19. The van der Waals surface area contributed by atoms with Gasteiger partial charge in [-0.3, -0.25) is 4.79 Å². The predicted octanol–water partition coefficient (Wildman–Crippen LogP) is 0.932. The fourth-order valence-corrected chi connectivity index (χ4v) is 1.65. The van der Waals surface area contributed by atoms with E-state index in [2.05, 4.69) is 5.32 Å². The third kappa shape index (κ3) is 5.59. The van der Waals surface area contributed by atoms with Crippen molar-refractivity contribution in [2.24, 2.45) is 0 Å². The van der Waals surface area contributed by atoms with Crippen LogP contribution in [0.1, 0.15) is 24.5 Å². The van der Waals surface area contributed by atoms with Gasteiger partial charge in [-0.2, -0.15) is 0 Å². The van der Waals surface area contributed by atoms with E-state index in [1.807, 2.05) is 32.0 Å². The molecule has 20 heavy (non-hydrogen) atoms. The molecular weight excluding hydrogens is 258 g/mol. The molecule has 112 valence electrons. The second kappa shape index (κ2) is 7.26. The topological polar surface area (TPSA) is 78.8 Å². The Bertz CT molecular complexity index is 457. The van der Waals surface area contributed by atoms with Gasteiger partial charge in [0.15, 0.2) is 0 Å². The van der Waals surface area contributed by atoms with Gasteiger partial charge < -0.3 is 20.3 Å². The molecule has 0 saturated carbocycles. The highest BCUT2D eigenvalue weighted by atomic mass is 16.5. The minimum absolute atomic E-state index is 0.0197. The molecule has 0 heterocycles. The third-order valence-electron chi connectivity index (χ3n) is 2.92. The number of ether oxygens (including phenoxy) is 1. The molecule has 0 saturated heterocycles. The number of amides is 1. The lowest BCUT2D eigenvalue weighted by atomic mass is 10.1. The van der Waals surface area contributed by atoms with Crippen molar-refractivity contribution < 1.29 is 19.7 Å². The molecule has 1 aromatic rings. The SMILES string of the molecule is Cc1ccc(OCCC(=O)NCC(C)(O)CO)c(C)c1. The quantitative estimate of drug-likeness (QED) is 0.695. The summed E-state index contributed by atoms with van der Waals surface area (Å²) in [6.07, 6.45) is 0.203. The summed E-state index contributed by atoms with van der Waals surface area (Å²) in [7, 11) is 0.